The van der Waals surface area contributed by atoms with Crippen molar-refractivity contribution in [2.75, 3.05) is 19.8 Å². The van der Waals surface area contributed by atoms with Crippen molar-refractivity contribution >= 4 is 212 Å². The summed E-state index contributed by atoms with van der Waals surface area (Å²) in [5.41, 5.74) is 24.9. The molecule has 22 rings (SSSR count). The number of aromatic nitrogens is 15. The van der Waals surface area contributed by atoms with Crippen LogP contribution in [0.5, 0.6) is 17.2 Å². The quantitative estimate of drug-likeness (QED) is 0.148. The molecular weight excluding hydrogens is 2030 g/mol. The van der Waals surface area contributed by atoms with Gasteiger partial charge in [0.2, 0.25) is 0 Å². The molecule has 18 aromatic rings. The van der Waals surface area contributed by atoms with Crippen LogP contribution in [-0.4, -0.2) is 125 Å². The molecule has 3 N–H and O–H groups in total. The molecule has 24 nitrogen and oxygen atoms in total. The van der Waals surface area contributed by atoms with Crippen molar-refractivity contribution < 1.29 is 43.9 Å². The first-order valence-electron chi connectivity index (χ1n) is 47.7. The highest BCUT2D eigenvalue weighted by Crippen LogP contribution is 2.51. The second kappa shape index (κ2) is 42.1. The maximum atomic E-state index is 12.9. The zero-order valence-electron chi connectivity index (χ0n) is 81.7. The number of rotatable bonds is 3. The van der Waals surface area contributed by atoms with Crippen molar-refractivity contribution in [3.8, 4) is 50.6 Å². The largest absolute Gasteiger partial charge is 0.493 e. The minimum atomic E-state index is -1.02. The van der Waals surface area contributed by atoms with Crippen LogP contribution in [0.15, 0.2) is 154 Å². The molecule has 0 radical (unpaired) electrons. The molecule has 9 aromatic heterocycles. The minimum absolute atomic E-state index is 0.194. The highest BCUT2D eigenvalue weighted by Gasteiger charge is 2.35. The number of carboxylic acids is 3. The lowest BCUT2D eigenvalue weighted by Crippen LogP contribution is -2.11. The molecule has 4 aliphatic heterocycles. The van der Waals surface area contributed by atoms with Crippen molar-refractivity contribution in [1.29, 1.82) is 0 Å². The van der Waals surface area contributed by atoms with Crippen LogP contribution in [0, 0.1) is 27.7 Å². The van der Waals surface area contributed by atoms with Gasteiger partial charge in [-0.15, -0.1) is 70.6 Å². The summed E-state index contributed by atoms with van der Waals surface area (Å²) in [7, 11) is 15.2. The van der Waals surface area contributed by atoms with Crippen LogP contribution in [-0.2, 0) is 140 Å². The number of halogens is 5. The lowest BCUT2D eigenvalue weighted by molar-refractivity contribution is 0.0675. The molecule has 144 heavy (non-hydrogen) atoms. The molecule has 0 spiro atoms. The number of thioether (sulfide) groups is 6. The Morgan fingerprint density at radius 1 is 0.340 bits per heavy atom. The molecule has 4 aliphatic rings. The normalized spacial score (nSPS) is 14.7. The van der Waals surface area contributed by atoms with Gasteiger partial charge >= 0.3 is 17.9 Å². The van der Waals surface area contributed by atoms with E-state index >= 15 is 0 Å². The van der Waals surface area contributed by atoms with Crippen LogP contribution in [0.4, 0.5) is 0 Å². The van der Waals surface area contributed by atoms with Crippen LogP contribution in [0.3, 0.4) is 0 Å². The van der Waals surface area contributed by atoms with Gasteiger partial charge in [0, 0.05) is 229 Å². The predicted octanol–water partition coefficient (Wildman–Crippen LogP) is 26.9. The average molecular weight is 2140 g/mol. The van der Waals surface area contributed by atoms with Gasteiger partial charge in [0.05, 0.1) is 95.6 Å². The SMILES string of the molecule is Cc1c2c(nn1C)CSCc1cc(n(C)n1)CSc1cc(c3ccccc3c1)OCCCc1c(C(=O)O)n(C)c3c-2c(Cl)cc(Cl)c13.Cc1ccc2c3cc(cc2c1)SCc1cc(nn1C)CSCc1nn(C)c(C)c1-c1c(Cl)cc(Cl)c2c(c(C(=O)O)n(C)c12)CCCO3.Cc1ccc2c3cc(cc2c1)SCc1cc(nn1C)CSCc1nn2c(c1-c1c(Cl)ccc4c(c(C(=O)O)n(C)c14)CCCO3)CCCC2. The fourth-order valence-electron chi connectivity index (χ4n) is 20.9. The Labute approximate surface area is 883 Å². The molecule has 9 aromatic carbocycles. The number of aromatic carboxylic acids is 3. The van der Waals surface area contributed by atoms with E-state index in [1.54, 1.807) is 106 Å². The number of hydrogen-bond acceptors (Lipinski definition) is 18. The first-order valence-corrected chi connectivity index (χ1v) is 56.0. The number of ether oxygens (including phenoxy) is 3. The minimum Gasteiger partial charge on any atom is -0.493 e. The summed E-state index contributed by atoms with van der Waals surface area (Å²) in [5, 5.41) is 72.1. The van der Waals surface area contributed by atoms with E-state index in [0.29, 0.717) is 151 Å². The molecule has 13 heterocycles. The Balaban J connectivity index is 0.000000132. The van der Waals surface area contributed by atoms with Gasteiger partial charge in [0.25, 0.3) is 0 Å². The first-order chi connectivity index (χ1) is 69.4. The van der Waals surface area contributed by atoms with Gasteiger partial charge in [0.15, 0.2) is 0 Å². The summed E-state index contributed by atoms with van der Waals surface area (Å²) < 4.78 is 36.5. The van der Waals surface area contributed by atoms with Gasteiger partial charge in [0.1, 0.15) is 34.3 Å². The van der Waals surface area contributed by atoms with Gasteiger partial charge in [-0.1, -0.05) is 136 Å². The van der Waals surface area contributed by atoms with Crippen molar-refractivity contribution in [3.63, 3.8) is 0 Å². The monoisotopic (exact) mass is 2140 g/mol. The Bertz CT molecular complexity index is 8220. The number of aryl methyl sites for hydroxylation is 14. The van der Waals surface area contributed by atoms with Gasteiger partial charge < -0.3 is 43.2 Å². The zero-order chi connectivity index (χ0) is 101. The van der Waals surface area contributed by atoms with E-state index in [2.05, 4.69) is 122 Å². The third kappa shape index (κ3) is 19.6. The molecule has 0 fully saturated rings. The number of carbonyl (C=O) groups is 3. The smallest absolute Gasteiger partial charge is 0.352 e. The van der Waals surface area contributed by atoms with Crippen LogP contribution in [0.25, 0.3) is 98.4 Å². The summed E-state index contributed by atoms with van der Waals surface area (Å²) in [6, 6.07) is 48.0. The maximum absolute atomic E-state index is 12.9. The highest BCUT2D eigenvalue weighted by molar-refractivity contribution is 7.99. The molecule has 0 aliphatic carbocycles. The van der Waals surface area contributed by atoms with E-state index in [-0.39, 0.29) is 11.4 Å². The molecule has 0 saturated carbocycles. The van der Waals surface area contributed by atoms with Crippen molar-refractivity contribution in [3.05, 3.63) is 278 Å². The third-order valence-electron chi connectivity index (χ3n) is 27.7. The number of nitrogens with zero attached hydrogens (tertiary/aromatic N) is 15. The van der Waals surface area contributed by atoms with E-state index in [0.717, 1.165) is 220 Å². The standard InChI is InChI=1S/C38H38ClN5O3S2.C36H35Cl2N5O3S2.C35H33Cl2N5O3S2/c1-22-9-10-27-23(15-22)16-26-18-33(27)47-14-6-7-28-29-11-12-30(39)34(36(29)42(2)37(28)38(45)46)35-31(41-44-13-5-4-8-32(35)44)21-48-19-24-17-25(20-49-26)43(3)40-24;1-19-8-9-25-21(11-19)12-24-14-30(25)46-10-6-7-26-32-27(37)15-28(38)33(35(32)41(3)34(26)36(44)45)31-20(2)42(4)40-29(31)18-47-16-22-13-23(17-48-24)43(5)39-22;1-19-30-28(39-41(19)3)18-46-16-21-13-22(42(4)38-21)17-47-23-12-20-8-5-6-9-24(20)29(14-23)45-11-7-10-25-31-26(36)15-27(37)32(30)34(31)40(2)33(25)35(43)44/h9-12,15-18H,4-8,13-14,19-21H2,1-3H3,(H,45,46);8-9,11-15H,6-7,10,16-18H2,1-5H3,(H,44,45);5-6,8-9,12-15H,7,10-11,16-18H2,1-4H3,(H,43,44). The number of benzene rings is 9. The fraction of sp³-hybridized carbons (Fsp3) is 0.312. The molecule has 0 saturated heterocycles. The van der Waals surface area contributed by atoms with Gasteiger partial charge in [-0.2, -0.15) is 30.6 Å². The summed E-state index contributed by atoms with van der Waals surface area (Å²) >= 11 is 45.5. The second-order valence-electron chi connectivity index (χ2n) is 37.2. The van der Waals surface area contributed by atoms with Crippen molar-refractivity contribution in [2.24, 2.45) is 56.4 Å². The second-order valence-corrected chi connectivity index (χ2v) is 45.3. The first kappa shape index (κ1) is 100. The van der Waals surface area contributed by atoms with Gasteiger partial charge in [-0.05, 0) is 191 Å². The predicted molar refractivity (Wildman–Crippen MR) is 589 cm³/mol. The molecule has 35 heteroatoms. The fourth-order valence-corrected chi connectivity index (χ4v) is 28.0. The Kier molecular flexibility index (Phi) is 29.3. The van der Waals surface area contributed by atoms with Crippen LogP contribution < -0.4 is 14.2 Å². The van der Waals surface area contributed by atoms with Crippen LogP contribution >= 0.6 is 129 Å². The maximum Gasteiger partial charge on any atom is 0.352 e. The number of hydrogen-bond donors (Lipinski definition) is 3. The summed E-state index contributed by atoms with van der Waals surface area (Å²) in [6.07, 6.45) is 6.40. The summed E-state index contributed by atoms with van der Waals surface area (Å²) in [6.45, 7) is 10.4. The molecule has 0 amide bonds. The van der Waals surface area contributed by atoms with Crippen LogP contribution in [0.1, 0.15) is 160 Å². The molecule has 24 bridgehead atoms. The number of fused-ring (bicyclic) bond motifs is 26. The Morgan fingerprint density at radius 2 is 0.729 bits per heavy atom. The van der Waals surface area contributed by atoms with E-state index in [1.165, 1.54) is 22.5 Å². The Morgan fingerprint density at radius 3 is 1.17 bits per heavy atom. The van der Waals surface area contributed by atoms with E-state index in [4.69, 9.17) is 103 Å². The van der Waals surface area contributed by atoms with Crippen LogP contribution in [0.2, 0.25) is 25.1 Å². The topological polar surface area (TPSA) is 261 Å². The molecule has 742 valence electrons. The van der Waals surface area contributed by atoms with Gasteiger partial charge in [-0.25, -0.2) is 14.4 Å². The molecule has 0 atom stereocenters. The lowest BCUT2D eigenvalue weighted by Gasteiger charge is -2.16. The summed E-state index contributed by atoms with van der Waals surface area (Å²) in [5.74, 6) is 5.93. The average Bonchev–Trinajstić information content (AvgIpc) is 1.57. The third-order valence-corrected chi connectivity index (χ3v) is 35.2. The molecular formula is C109H106Cl5N15O9S6. The van der Waals surface area contributed by atoms with Gasteiger partial charge in [-0.3, -0.25) is 28.1 Å². The van der Waals surface area contributed by atoms with Crippen molar-refractivity contribution in [1.82, 2.24) is 72.4 Å². The van der Waals surface area contributed by atoms with Crippen molar-refractivity contribution in [2.45, 2.75) is 158 Å². The lowest BCUT2D eigenvalue weighted by atomic mass is 9.95. The Hall–Kier alpha value is -11.0. The van der Waals surface area contributed by atoms with E-state index < -0.39 is 17.9 Å². The summed E-state index contributed by atoms with van der Waals surface area (Å²) in [4.78, 5) is 41.8. The number of carboxylic acid groups (broad SMARTS) is 3. The van der Waals surface area contributed by atoms with E-state index in [1.807, 2.05) is 108 Å². The zero-order valence-corrected chi connectivity index (χ0v) is 90.4. The van der Waals surface area contributed by atoms with E-state index in [9.17, 15) is 29.7 Å². The highest BCUT2D eigenvalue weighted by atomic mass is 35.5. The molecule has 0 unspecified atom stereocenters.